The lowest BCUT2D eigenvalue weighted by molar-refractivity contribution is 0.0701. The molecule has 6 nitrogen and oxygen atoms in total. The summed E-state index contributed by atoms with van der Waals surface area (Å²) in [6.07, 6.45) is 1.43. The number of benzene rings is 1. The number of carbonyl (C=O) groups is 1. The molecule has 0 spiro atoms. The van der Waals surface area contributed by atoms with E-state index in [1.165, 1.54) is 10.9 Å². The number of fused-ring (bicyclic) bond motifs is 1. The van der Waals surface area contributed by atoms with Gasteiger partial charge in [0, 0.05) is 0 Å². The Morgan fingerprint density at radius 2 is 2.09 bits per heavy atom. The van der Waals surface area contributed by atoms with E-state index in [1.54, 1.807) is 6.92 Å². The molecule has 0 saturated carbocycles. The van der Waals surface area contributed by atoms with Crippen LogP contribution < -0.4 is 10.3 Å². The van der Waals surface area contributed by atoms with Gasteiger partial charge in [-0.25, -0.2) is 9.78 Å². The summed E-state index contributed by atoms with van der Waals surface area (Å²) in [4.78, 5) is 28.5. The number of hydrogen-bond acceptors (Lipinski definition) is 5. The molecule has 7 heteroatoms. The summed E-state index contributed by atoms with van der Waals surface area (Å²) in [7, 11) is 0. The number of thiophene rings is 1. The highest BCUT2D eigenvalue weighted by Crippen LogP contribution is 2.26. The molecule has 1 N–H and O–H groups in total. The van der Waals surface area contributed by atoms with E-state index in [9.17, 15) is 9.59 Å². The summed E-state index contributed by atoms with van der Waals surface area (Å²) >= 11 is 1.02. The van der Waals surface area contributed by atoms with Crippen molar-refractivity contribution in [3.8, 4) is 5.75 Å². The average molecular weight is 330 g/mol. The number of aromatic carboxylic acids is 1. The highest BCUT2D eigenvalue weighted by molar-refractivity contribution is 7.20. The number of nitrogens with zero attached hydrogens (tertiary/aromatic N) is 2. The van der Waals surface area contributed by atoms with Crippen LogP contribution in [0.5, 0.6) is 5.75 Å². The lowest BCUT2D eigenvalue weighted by atomic mass is 10.2. The van der Waals surface area contributed by atoms with Crippen LogP contribution in [-0.4, -0.2) is 27.2 Å². The molecule has 0 unspecified atom stereocenters. The summed E-state index contributed by atoms with van der Waals surface area (Å²) in [6.45, 7) is 2.30. The zero-order chi connectivity index (χ0) is 16.4. The van der Waals surface area contributed by atoms with Crippen LogP contribution in [0, 0.1) is 6.92 Å². The van der Waals surface area contributed by atoms with E-state index in [2.05, 4.69) is 4.98 Å². The number of rotatable bonds is 5. The Labute approximate surface area is 135 Å². The molecular formula is C16H14N2O4S. The minimum atomic E-state index is -1.04. The minimum absolute atomic E-state index is 0.155. The highest BCUT2D eigenvalue weighted by atomic mass is 32.1. The van der Waals surface area contributed by atoms with Gasteiger partial charge in [0.25, 0.3) is 5.56 Å². The largest absolute Gasteiger partial charge is 0.492 e. The molecule has 0 saturated heterocycles. The number of ether oxygens (including phenoxy) is 1. The number of aryl methyl sites for hydroxylation is 1. The minimum Gasteiger partial charge on any atom is -0.492 e. The van der Waals surface area contributed by atoms with E-state index in [0.717, 1.165) is 17.1 Å². The SMILES string of the molecule is Cc1c(C(=O)O)sc2ncn(CCOc3ccccc3)c(=O)c12. The van der Waals surface area contributed by atoms with Crippen LogP contribution in [0.25, 0.3) is 10.2 Å². The number of carboxylic acid groups (broad SMARTS) is 1. The van der Waals surface area contributed by atoms with Crippen molar-refractivity contribution in [1.29, 1.82) is 0 Å². The predicted molar refractivity (Wildman–Crippen MR) is 87.5 cm³/mol. The summed E-state index contributed by atoms with van der Waals surface area (Å²) in [5, 5.41) is 9.52. The molecule has 2 aromatic heterocycles. The summed E-state index contributed by atoms with van der Waals surface area (Å²) < 4.78 is 7.01. The molecule has 0 radical (unpaired) electrons. The van der Waals surface area contributed by atoms with Gasteiger partial charge in [-0.2, -0.15) is 0 Å². The number of para-hydroxylation sites is 1. The van der Waals surface area contributed by atoms with Crippen molar-refractivity contribution in [1.82, 2.24) is 9.55 Å². The Hall–Kier alpha value is -2.67. The number of hydrogen-bond donors (Lipinski definition) is 1. The topological polar surface area (TPSA) is 81.4 Å². The Morgan fingerprint density at radius 1 is 1.35 bits per heavy atom. The second-order valence-corrected chi connectivity index (χ2v) is 5.95. The van der Waals surface area contributed by atoms with Gasteiger partial charge in [0.15, 0.2) is 0 Å². The maximum Gasteiger partial charge on any atom is 0.346 e. The molecule has 3 aromatic rings. The van der Waals surface area contributed by atoms with E-state index in [4.69, 9.17) is 9.84 Å². The van der Waals surface area contributed by atoms with Gasteiger partial charge < -0.3 is 9.84 Å². The van der Waals surface area contributed by atoms with Gasteiger partial charge in [0.05, 0.1) is 18.3 Å². The third-order valence-corrected chi connectivity index (χ3v) is 4.64. The zero-order valence-corrected chi connectivity index (χ0v) is 13.2. The third-order valence-electron chi connectivity index (χ3n) is 3.46. The molecule has 23 heavy (non-hydrogen) atoms. The van der Waals surface area contributed by atoms with Crippen LogP contribution in [-0.2, 0) is 6.54 Å². The first kappa shape index (κ1) is 15.2. The van der Waals surface area contributed by atoms with Gasteiger partial charge in [0.2, 0.25) is 0 Å². The molecule has 0 bridgehead atoms. The predicted octanol–water partition coefficient (Wildman–Crippen LogP) is 2.54. The first-order chi connectivity index (χ1) is 11.1. The van der Waals surface area contributed by atoms with Gasteiger partial charge in [-0.3, -0.25) is 9.36 Å². The second-order valence-electron chi connectivity index (χ2n) is 4.95. The average Bonchev–Trinajstić information content (AvgIpc) is 2.88. The van der Waals surface area contributed by atoms with E-state index in [1.807, 2.05) is 30.3 Å². The van der Waals surface area contributed by atoms with Crippen LogP contribution in [0.4, 0.5) is 0 Å². The Kier molecular flexibility index (Phi) is 4.12. The maximum atomic E-state index is 12.5. The van der Waals surface area contributed by atoms with Crippen molar-refractivity contribution >= 4 is 27.5 Å². The van der Waals surface area contributed by atoms with Crippen molar-refractivity contribution in [3.05, 3.63) is 57.5 Å². The van der Waals surface area contributed by atoms with Gasteiger partial charge in [0.1, 0.15) is 22.1 Å². The lowest BCUT2D eigenvalue weighted by Crippen LogP contribution is -2.23. The smallest absolute Gasteiger partial charge is 0.346 e. The van der Waals surface area contributed by atoms with E-state index in [-0.39, 0.29) is 10.4 Å². The fraction of sp³-hybridized carbons (Fsp3) is 0.188. The Morgan fingerprint density at radius 3 is 2.78 bits per heavy atom. The van der Waals surface area contributed by atoms with Crippen molar-refractivity contribution in [2.75, 3.05) is 6.61 Å². The van der Waals surface area contributed by atoms with Crippen LogP contribution in [0.2, 0.25) is 0 Å². The van der Waals surface area contributed by atoms with Gasteiger partial charge in [-0.05, 0) is 24.6 Å². The molecule has 0 amide bonds. The lowest BCUT2D eigenvalue weighted by Gasteiger charge is -2.08. The van der Waals surface area contributed by atoms with Gasteiger partial charge >= 0.3 is 5.97 Å². The summed E-state index contributed by atoms with van der Waals surface area (Å²) in [5.41, 5.74) is 0.223. The molecule has 1 aromatic carbocycles. The molecule has 0 atom stereocenters. The van der Waals surface area contributed by atoms with Crippen LogP contribution in [0.15, 0.2) is 41.5 Å². The molecular weight excluding hydrogens is 316 g/mol. The molecule has 2 heterocycles. The van der Waals surface area contributed by atoms with Crippen LogP contribution in [0.1, 0.15) is 15.2 Å². The standard InChI is InChI=1S/C16H14N2O4S/c1-10-12-14(23-13(10)16(20)21)17-9-18(15(12)19)7-8-22-11-5-3-2-4-6-11/h2-6,9H,7-8H2,1H3,(H,20,21). The highest BCUT2D eigenvalue weighted by Gasteiger charge is 2.18. The van der Waals surface area contributed by atoms with E-state index in [0.29, 0.717) is 28.9 Å². The fourth-order valence-electron chi connectivity index (χ4n) is 2.30. The maximum absolute atomic E-state index is 12.5. The fourth-order valence-corrected chi connectivity index (χ4v) is 3.28. The van der Waals surface area contributed by atoms with Crippen molar-refractivity contribution in [2.45, 2.75) is 13.5 Å². The molecule has 3 rings (SSSR count). The molecule has 0 aliphatic heterocycles. The molecule has 0 aliphatic carbocycles. The van der Waals surface area contributed by atoms with E-state index >= 15 is 0 Å². The van der Waals surface area contributed by atoms with Crippen LogP contribution in [0.3, 0.4) is 0 Å². The molecule has 0 fully saturated rings. The van der Waals surface area contributed by atoms with Gasteiger partial charge in [-0.1, -0.05) is 18.2 Å². The number of aromatic nitrogens is 2. The molecule has 0 aliphatic rings. The molecule has 118 valence electrons. The monoisotopic (exact) mass is 330 g/mol. The van der Waals surface area contributed by atoms with Crippen molar-refractivity contribution in [3.63, 3.8) is 0 Å². The third kappa shape index (κ3) is 2.95. The van der Waals surface area contributed by atoms with Crippen molar-refractivity contribution in [2.24, 2.45) is 0 Å². The van der Waals surface area contributed by atoms with Crippen LogP contribution >= 0.6 is 11.3 Å². The number of carboxylic acids is 1. The summed E-state index contributed by atoms with van der Waals surface area (Å²) in [5.74, 6) is -0.307. The van der Waals surface area contributed by atoms with Crippen molar-refractivity contribution < 1.29 is 14.6 Å². The normalized spacial score (nSPS) is 10.8. The zero-order valence-electron chi connectivity index (χ0n) is 12.4. The first-order valence-corrected chi connectivity index (χ1v) is 7.79. The first-order valence-electron chi connectivity index (χ1n) is 6.97. The summed E-state index contributed by atoms with van der Waals surface area (Å²) in [6, 6.07) is 9.32. The Balaban J connectivity index is 1.84. The Bertz CT molecular complexity index is 915. The quantitative estimate of drug-likeness (QED) is 0.777. The van der Waals surface area contributed by atoms with Gasteiger partial charge in [-0.15, -0.1) is 11.3 Å². The second kappa shape index (κ2) is 6.21. The van der Waals surface area contributed by atoms with E-state index < -0.39 is 5.97 Å².